The Hall–Kier alpha value is -2.23. The van der Waals surface area contributed by atoms with E-state index in [2.05, 4.69) is 15.0 Å². The molecule has 1 aromatic carbocycles. The van der Waals surface area contributed by atoms with E-state index < -0.39 is 0 Å². The largest absolute Gasteiger partial charge is 0.507 e. The van der Waals surface area contributed by atoms with Gasteiger partial charge in [0, 0.05) is 23.2 Å². The fourth-order valence-electron chi connectivity index (χ4n) is 1.49. The number of aromatic hydroxyl groups is 1. The predicted octanol–water partition coefficient (Wildman–Crippen LogP) is 2.55. The van der Waals surface area contributed by atoms with Crippen LogP contribution in [0.25, 0.3) is 0 Å². The van der Waals surface area contributed by atoms with Crippen LogP contribution in [0.5, 0.6) is 5.75 Å². The number of benzene rings is 1. The van der Waals surface area contributed by atoms with Crippen LogP contribution in [0.1, 0.15) is 17.0 Å². The molecule has 0 unspecified atom stereocenters. The molecule has 0 saturated carbocycles. The van der Waals surface area contributed by atoms with Crippen molar-refractivity contribution in [3.8, 4) is 5.75 Å². The lowest BCUT2D eigenvalue weighted by molar-refractivity contribution is 0.474. The molecule has 0 atom stereocenters. The number of phenols is 1. The fourth-order valence-corrected chi connectivity index (χ4v) is 1.49. The van der Waals surface area contributed by atoms with E-state index in [1.165, 1.54) is 0 Å². The van der Waals surface area contributed by atoms with Crippen molar-refractivity contribution in [2.24, 2.45) is 4.99 Å². The van der Waals surface area contributed by atoms with Gasteiger partial charge in [0.1, 0.15) is 5.75 Å². The van der Waals surface area contributed by atoms with Crippen molar-refractivity contribution < 1.29 is 5.11 Å². The third-order valence-electron chi connectivity index (χ3n) is 2.23. The Kier molecular flexibility index (Phi) is 3.14. The third-order valence-corrected chi connectivity index (χ3v) is 2.23. The van der Waals surface area contributed by atoms with Gasteiger partial charge in [-0.05, 0) is 32.0 Å². The summed E-state index contributed by atoms with van der Waals surface area (Å²) in [7, 11) is 0. The molecule has 1 aromatic heterocycles. The SMILES string of the molecule is Cc1cc(C)nc(N=Cc2ccccc2O)n1. The lowest BCUT2D eigenvalue weighted by Gasteiger charge is -1.98. The highest BCUT2D eigenvalue weighted by atomic mass is 16.3. The van der Waals surface area contributed by atoms with Crippen LogP contribution in [0, 0.1) is 13.8 Å². The van der Waals surface area contributed by atoms with Crippen LogP contribution in [-0.2, 0) is 0 Å². The monoisotopic (exact) mass is 227 g/mol. The maximum absolute atomic E-state index is 9.57. The maximum atomic E-state index is 9.57. The number of rotatable bonds is 2. The van der Waals surface area contributed by atoms with E-state index in [9.17, 15) is 5.11 Å². The smallest absolute Gasteiger partial charge is 0.249 e. The number of phenolic OH excluding ortho intramolecular Hbond substituents is 1. The minimum Gasteiger partial charge on any atom is -0.507 e. The van der Waals surface area contributed by atoms with Crippen LogP contribution in [0.2, 0.25) is 0 Å². The number of hydrogen-bond acceptors (Lipinski definition) is 4. The standard InChI is InChI=1S/C13H13N3O/c1-9-7-10(2)16-13(15-9)14-8-11-5-3-4-6-12(11)17/h3-8,17H,1-2H3. The second-order valence-electron chi connectivity index (χ2n) is 3.77. The molecule has 0 radical (unpaired) electrons. The molecule has 1 N–H and O–H groups in total. The summed E-state index contributed by atoms with van der Waals surface area (Å²) in [6.45, 7) is 3.79. The Morgan fingerprint density at radius 1 is 1.12 bits per heavy atom. The van der Waals surface area contributed by atoms with Crippen molar-refractivity contribution in [3.05, 3.63) is 47.3 Å². The zero-order valence-electron chi connectivity index (χ0n) is 9.75. The molecule has 4 heteroatoms. The van der Waals surface area contributed by atoms with Gasteiger partial charge in [-0.2, -0.15) is 0 Å². The van der Waals surface area contributed by atoms with Crippen LogP contribution in [0.4, 0.5) is 5.95 Å². The molecule has 0 fully saturated rings. The summed E-state index contributed by atoms with van der Waals surface area (Å²) in [5, 5.41) is 9.57. The normalized spacial score (nSPS) is 10.9. The molecule has 0 aliphatic carbocycles. The second kappa shape index (κ2) is 4.74. The Balaban J connectivity index is 2.29. The average molecular weight is 227 g/mol. The molecule has 0 amide bonds. The van der Waals surface area contributed by atoms with Gasteiger partial charge in [-0.15, -0.1) is 0 Å². The van der Waals surface area contributed by atoms with Crippen LogP contribution < -0.4 is 0 Å². The lowest BCUT2D eigenvalue weighted by atomic mass is 10.2. The third kappa shape index (κ3) is 2.87. The number of nitrogens with zero attached hydrogens (tertiary/aromatic N) is 3. The Labute approximate surface area is 99.7 Å². The second-order valence-corrected chi connectivity index (χ2v) is 3.77. The minimum atomic E-state index is 0.195. The summed E-state index contributed by atoms with van der Waals surface area (Å²) >= 11 is 0. The van der Waals surface area contributed by atoms with E-state index >= 15 is 0 Å². The maximum Gasteiger partial charge on any atom is 0.249 e. The van der Waals surface area contributed by atoms with Gasteiger partial charge >= 0.3 is 0 Å². The van der Waals surface area contributed by atoms with Gasteiger partial charge in [0.05, 0.1) is 0 Å². The fraction of sp³-hybridized carbons (Fsp3) is 0.154. The predicted molar refractivity (Wildman–Crippen MR) is 66.9 cm³/mol. The molecule has 0 bridgehead atoms. The van der Waals surface area contributed by atoms with Gasteiger partial charge < -0.3 is 5.11 Å². The average Bonchev–Trinajstić information content (AvgIpc) is 2.27. The molecule has 2 aromatic rings. The van der Waals surface area contributed by atoms with Crippen LogP contribution in [0.3, 0.4) is 0 Å². The summed E-state index contributed by atoms with van der Waals surface area (Å²) in [6.07, 6.45) is 1.56. The molecule has 1 heterocycles. The van der Waals surface area contributed by atoms with Crippen LogP contribution >= 0.6 is 0 Å². The Morgan fingerprint density at radius 2 is 1.76 bits per heavy atom. The summed E-state index contributed by atoms with van der Waals surface area (Å²) in [6, 6.07) is 8.88. The first-order valence-corrected chi connectivity index (χ1v) is 5.29. The molecule has 2 rings (SSSR count). The molecule has 86 valence electrons. The molecule has 17 heavy (non-hydrogen) atoms. The van der Waals surface area contributed by atoms with Crippen molar-refractivity contribution in [2.75, 3.05) is 0 Å². The van der Waals surface area contributed by atoms with Gasteiger partial charge in [0.25, 0.3) is 0 Å². The molecule has 4 nitrogen and oxygen atoms in total. The van der Waals surface area contributed by atoms with Crippen molar-refractivity contribution in [1.29, 1.82) is 0 Å². The summed E-state index contributed by atoms with van der Waals surface area (Å²) < 4.78 is 0. The zero-order chi connectivity index (χ0) is 12.3. The number of hydrogen-bond donors (Lipinski definition) is 1. The minimum absolute atomic E-state index is 0.195. The highest BCUT2D eigenvalue weighted by Crippen LogP contribution is 2.14. The molecule has 0 spiro atoms. The van der Waals surface area contributed by atoms with Crippen LogP contribution in [0.15, 0.2) is 35.3 Å². The van der Waals surface area contributed by atoms with Crippen molar-refractivity contribution in [3.63, 3.8) is 0 Å². The first-order chi connectivity index (χ1) is 8.15. The zero-order valence-corrected chi connectivity index (χ0v) is 9.75. The lowest BCUT2D eigenvalue weighted by Crippen LogP contribution is -1.90. The molecular weight excluding hydrogens is 214 g/mol. The van der Waals surface area contributed by atoms with Crippen molar-refractivity contribution in [1.82, 2.24) is 9.97 Å². The molecule has 0 aliphatic rings. The van der Waals surface area contributed by atoms with Gasteiger partial charge in [-0.1, -0.05) is 12.1 Å². The van der Waals surface area contributed by atoms with E-state index in [-0.39, 0.29) is 5.75 Å². The summed E-state index contributed by atoms with van der Waals surface area (Å²) in [5.74, 6) is 0.603. The van der Waals surface area contributed by atoms with Gasteiger partial charge in [-0.3, -0.25) is 0 Å². The quantitative estimate of drug-likeness (QED) is 0.802. The van der Waals surface area contributed by atoms with Crippen molar-refractivity contribution in [2.45, 2.75) is 13.8 Å². The topological polar surface area (TPSA) is 58.4 Å². The summed E-state index contributed by atoms with van der Waals surface area (Å²) in [4.78, 5) is 12.5. The Morgan fingerprint density at radius 3 is 2.41 bits per heavy atom. The first-order valence-electron chi connectivity index (χ1n) is 5.29. The number of aromatic nitrogens is 2. The molecule has 0 saturated heterocycles. The van der Waals surface area contributed by atoms with E-state index in [0.29, 0.717) is 11.5 Å². The first kappa shape index (κ1) is 11.3. The van der Waals surface area contributed by atoms with Gasteiger partial charge in [0.15, 0.2) is 0 Å². The highest BCUT2D eigenvalue weighted by Gasteiger charge is 1.98. The molecular formula is C13H13N3O. The van der Waals surface area contributed by atoms with E-state index in [1.807, 2.05) is 26.0 Å². The van der Waals surface area contributed by atoms with Gasteiger partial charge in [-0.25, -0.2) is 15.0 Å². The number of aliphatic imine (C=N–C) groups is 1. The summed E-state index contributed by atoms with van der Waals surface area (Å²) in [5.41, 5.74) is 2.40. The number of para-hydroxylation sites is 1. The van der Waals surface area contributed by atoms with E-state index in [1.54, 1.807) is 24.4 Å². The van der Waals surface area contributed by atoms with E-state index in [0.717, 1.165) is 11.4 Å². The van der Waals surface area contributed by atoms with Gasteiger partial charge in [0.2, 0.25) is 5.95 Å². The Bertz CT molecular complexity index is 544. The highest BCUT2D eigenvalue weighted by molar-refractivity contribution is 5.84. The van der Waals surface area contributed by atoms with E-state index in [4.69, 9.17) is 0 Å². The molecule has 0 aliphatic heterocycles. The van der Waals surface area contributed by atoms with Crippen molar-refractivity contribution >= 4 is 12.2 Å². The van der Waals surface area contributed by atoms with Crippen LogP contribution in [-0.4, -0.2) is 21.3 Å². The number of aryl methyl sites for hydroxylation is 2.